The molecule has 10 heteroatoms. The van der Waals surface area contributed by atoms with E-state index in [-0.39, 0.29) is 12.8 Å². The third-order valence-electron chi connectivity index (χ3n) is 6.59. The number of esters is 2. The van der Waals surface area contributed by atoms with Crippen molar-refractivity contribution in [1.82, 2.24) is 9.80 Å². The Hall–Kier alpha value is -4.02. The smallest absolute Gasteiger partial charge is 0.424 e. The largest absolute Gasteiger partial charge is 0.431 e. The lowest BCUT2D eigenvalue weighted by molar-refractivity contribution is -0.204. The lowest BCUT2D eigenvalue weighted by Gasteiger charge is -2.40. The van der Waals surface area contributed by atoms with Crippen LogP contribution in [0.1, 0.15) is 17.5 Å². The minimum absolute atomic E-state index is 0.0623. The summed E-state index contributed by atoms with van der Waals surface area (Å²) in [5, 5.41) is 0. The molecule has 2 amide bonds. The van der Waals surface area contributed by atoms with Gasteiger partial charge >= 0.3 is 29.7 Å². The van der Waals surface area contributed by atoms with Crippen molar-refractivity contribution in [2.75, 3.05) is 32.8 Å². The van der Waals surface area contributed by atoms with Gasteiger partial charge in [0.2, 0.25) is 5.72 Å². The first kappa shape index (κ1) is 24.7. The molecule has 2 fully saturated rings. The van der Waals surface area contributed by atoms with Gasteiger partial charge in [-0.15, -0.1) is 0 Å². The van der Waals surface area contributed by atoms with Crippen molar-refractivity contribution in [2.45, 2.75) is 24.4 Å². The zero-order valence-corrected chi connectivity index (χ0v) is 20.0. The highest BCUT2D eigenvalue weighted by molar-refractivity contribution is 6.05. The second-order valence-corrected chi connectivity index (χ2v) is 8.95. The molecule has 192 valence electrons. The number of nitrogens with zero attached hydrogens (tertiary/aromatic N) is 2. The average molecular weight is 507 g/mol. The molecule has 2 saturated heterocycles. The number of morpholine rings is 1. The summed E-state index contributed by atoms with van der Waals surface area (Å²) in [6, 6.07) is 17.3. The Labute approximate surface area is 213 Å². The molecule has 37 heavy (non-hydrogen) atoms. The first-order valence-electron chi connectivity index (χ1n) is 12.0. The van der Waals surface area contributed by atoms with Gasteiger partial charge in [0.25, 0.3) is 0 Å². The number of carbonyl (C=O) groups is 4. The average Bonchev–Trinajstić information content (AvgIpc) is 3.14. The number of ether oxygens (including phenoxy) is 4. The van der Waals surface area contributed by atoms with Crippen LogP contribution in [0.25, 0.3) is 0 Å². The Balaban J connectivity index is 1.62. The number of imide groups is 1. The van der Waals surface area contributed by atoms with Gasteiger partial charge in [-0.2, -0.15) is 4.90 Å². The fraction of sp³-hybridized carbons (Fsp3) is 0.333. The molecule has 0 spiro atoms. The van der Waals surface area contributed by atoms with Crippen LogP contribution < -0.4 is 0 Å². The van der Waals surface area contributed by atoms with Crippen molar-refractivity contribution in [1.29, 1.82) is 0 Å². The van der Waals surface area contributed by atoms with Gasteiger partial charge < -0.3 is 18.9 Å². The van der Waals surface area contributed by atoms with E-state index in [1.54, 1.807) is 60.7 Å². The van der Waals surface area contributed by atoms with Gasteiger partial charge in [0.15, 0.2) is 0 Å². The van der Waals surface area contributed by atoms with Gasteiger partial charge in [0.1, 0.15) is 0 Å². The van der Waals surface area contributed by atoms with Gasteiger partial charge in [-0.25, -0.2) is 14.4 Å². The van der Waals surface area contributed by atoms with Crippen molar-refractivity contribution in [3.8, 4) is 0 Å². The van der Waals surface area contributed by atoms with E-state index >= 15 is 0 Å². The highest BCUT2D eigenvalue weighted by Gasteiger charge is 2.65. The van der Waals surface area contributed by atoms with Crippen molar-refractivity contribution < 1.29 is 38.1 Å². The van der Waals surface area contributed by atoms with Gasteiger partial charge in [-0.3, -0.25) is 9.69 Å². The molecule has 0 saturated carbocycles. The fourth-order valence-corrected chi connectivity index (χ4v) is 4.78. The molecular formula is C27H26N2O8. The molecule has 10 nitrogen and oxygen atoms in total. The van der Waals surface area contributed by atoms with E-state index in [1.807, 2.05) is 0 Å². The molecule has 2 aromatic rings. The van der Waals surface area contributed by atoms with Crippen LogP contribution >= 0.6 is 0 Å². The molecule has 0 N–H and O–H groups in total. The zero-order chi connectivity index (χ0) is 25.9. The first-order valence-corrected chi connectivity index (χ1v) is 12.0. The van der Waals surface area contributed by atoms with E-state index in [4.69, 9.17) is 18.9 Å². The first-order chi connectivity index (χ1) is 17.9. The van der Waals surface area contributed by atoms with E-state index in [1.165, 1.54) is 0 Å². The number of carbonyl (C=O) groups excluding carboxylic acids is 4. The minimum Gasteiger partial charge on any atom is -0.431 e. The van der Waals surface area contributed by atoms with E-state index in [0.29, 0.717) is 44.0 Å². The SMILES string of the molecule is O=C1/C=C/C(=O)OC(CCN2CCOCC2)(c2ccccc2)N2C(=O)OC(Cc3ccccc3)(O1)C2=O. The van der Waals surface area contributed by atoms with Crippen LogP contribution in [0, 0.1) is 0 Å². The Morgan fingerprint density at radius 1 is 0.757 bits per heavy atom. The standard InChI is InChI=1S/C27H26N2O8/c30-22-11-12-23(31)36-27(19-20-7-3-1-4-8-20)24(32)29(25(33)37-27)26(35-22,21-9-5-2-6-10-21)13-14-28-15-17-34-18-16-28/h1-12H,13-19H2/b12-11+. The van der Waals surface area contributed by atoms with E-state index in [2.05, 4.69) is 4.90 Å². The molecule has 3 heterocycles. The summed E-state index contributed by atoms with van der Waals surface area (Å²) in [5.41, 5.74) is -0.843. The summed E-state index contributed by atoms with van der Waals surface area (Å²) in [6.07, 6.45) is 0.561. The van der Waals surface area contributed by atoms with Crippen LogP contribution in [0.4, 0.5) is 4.79 Å². The van der Waals surface area contributed by atoms with Gasteiger partial charge in [-0.05, 0) is 5.56 Å². The number of fused-ring (bicyclic) bond motifs is 2. The molecule has 2 atom stereocenters. The van der Waals surface area contributed by atoms with Crippen LogP contribution in [-0.4, -0.2) is 72.4 Å². The predicted molar refractivity (Wildman–Crippen MR) is 128 cm³/mol. The number of hydrogen-bond acceptors (Lipinski definition) is 9. The van der Waals surface area contributed by atoms with E-state index in [0.717, 1.165) is 17.1 Å². The Morgan fingerprint density at radius 3 is 2.05 bits per heavy atom. The van der Waals surface area contributed by atoms with Crippen LogP contribution in [0.5, 0.6) is 0 Å². The number of benzene rings is 2. The van der Waals surface area contributed by atoms with E-state index < -0.39 is 35.5 Å². The summed E-state index contributed by atoms with van der Waals surface area (Å²) < 4.78 is 22.4. The number of cyclic esters (lactones) is 1. The van der Waals surface area contributed by atoms with Crippen LogP contribution in [0.15, 0.2) is 72.8 Å². The van der Waals surface area contributed by atoms with Crippen molar-refractivity contribution in [3.05, 3.63) is 83.9 Å². The minimum atomic E-state index is -2.26. The third-order valence-corrected chi connectivity index (χ3v) is 6.59. The molecule has 2 bridgehead atoms. The second-order valence-electron chi connectivity index (χ2n) is 8.95. The predicted octanol–water partition coefficient (Wildman–Crippen LogP) is 2.14. The quantitative estimate of drug-likeness (QED) is 0.544. The number of hydrogen-bond donors (Lipinski definition) is 0. The van der Waals surface area contributed by atoms with Crippen molar-refractivity contribution in [3.63, 3.8) is 0 Å². The Kier molecular flexibility index (Phi) is 6.77. The zero-order valence-electron chi connectivity index (χ0n) is 20.0. The number of amides is 2. The molecular weight excluding hydrogens is 480 g/mol. The Morgan fingerprint density at radius 2 is 1.38 bits per heavy atom. The maximum absolute atomic E-state index is 14.1. The molecule has 2 unspecified atom stereocenters. The van der Waals surface area contributed by atoms with Crippen LogP contribution in [0.3, 0.4) is 0 Å². The molecule has 3 aliphatic rings. The molecule has 0 aromatic heterocycles. The van der Waals surface area contributed by atoms with Crippen LogP contribution in [-0.2, 0) is 45.5 Å². The van der Waals surface area contributed by atoms with Gasteiger partial charge in [0.05, 0.1) is 19.6 Å². The summed E-state index contributed by atoms with van der Waals surface area (Å²) in [5.74, 6) is -5.12. The molecule has 3 aliphatic heterocycles. The van der Waals surface area contributed by atoms with E-state index in [9.17, 15) is 19.2 Å². The summed E-state index contributed by atoms with van der Waals surface area (Å²) >= 11 is 0. The summed E-state index contributed by atoms with van der Waals surface area (Å²) in [4.78, 5) is 55.9. The highest BCUT2D eigenvalue weighted by Crippen LogP contribution is 2.43. The maximum atomic E-state index is 14.1. The normalized spacial score (nSPS) is 27.3. The topological polar surface area (TPSA) is 112 Å². The number of rotatable bonds is 6. The third kappa shape index (κ3) is 4.85. The second kappa shape index (κ2) is 10.2. The highest BCUT2D eigenvalue weighted by atomic mass is 16.8. The van der Waals surface area contributed by atoms with Crippen molar-refractivity contribution in [2.24, 2.45) is 0 Å². The fourth-order valence-electron chi connectivity index (χ4n) is 4.78. The lowest BCUT2D eigenvalue weighted by Crippen LogP contribution is -2.57. The molecule has 5 rings (SSSR count). The monoisotopic (exact) mass is 506 g/mol. The molecule has 0 aliphatic carbocycles. The molecule has 2 aromatic carbocycles. The lowest BCUT2D eigenvalue weighted by atomic mass is 9.95. The van der Waals surface area contributed by atoms with Crippen LogP contribution in [0.2, 0.25) is 0 Å². The summed E-state index contributed by atoms with van der Waals surface area (Å²) in [6.45, 7) is 2.76. The molecule has 0 radical (unpaired) electrons. The maximum Gasteiger partial charge on any atom is 0.424 e. The van der Waals surface area contributed by atoms with Gasteiger partial charge in [0, 0.05) is 43.8 Å². The Bertz CT molecular complexity index is 1210. The van der Waals surface area contributed by atoms with Crippen molar-refractivity contribution >= 4 is 23.9 Å². The summed E-state index contributed by atoms with van der Waals surface area (Å²) in [7, 11) is 0. The van der Waals surface area contributed by atoms with Gasteiger partial charge in [-0.1, -0.05) is 60.7 Å².